The molecule has 2 rings (SSSR count). The molecule has 0 saturated carbocycles. The van der Waals surface area contributed by atoms with Crippen molar-refractivity contribution in [3.05, 3.63) is 41.9 Å². The second kappa shape index (κ2) is 5.19. The molecule has 3 nitrogen and oxygen atoms in total. The fourth-order valence-electron chi connectivity index (χ4n) is 1.65. The van der Waals surface area contributed by atoms with Gasteiger partial charge in [0.25, 0.3) is 0 Å². The minimum atomic E-state index is 0.530. The van der Waals surface area contributed by atoms with Crippen LogP contribution in [0, 0.1) is 6.92 Å². The number of methoxy groups -OCH3 is 1. The lowest BCUT2D eigenvalue weighted by atomic mass is 10.1. The maximum atomic E-state index is 5.35. The summed E-state index contributed by atoms with van der Waals surface area (Å²) in [5.74, 6) is 2.07. The third kappa shape index (κ3) is 2.58. The second-order valence-electron chi connectivity index (χ2n) is 3.72. The molecule has 0 spiro atoms. The normalized spacial score (nSPS) is 10.3. The molecule has 2 aromatic rings. The molecule has 0 saturated heterocycles. The van der Waals surface area contributed by atoms with E-state index in [4.69, 9.17) is 4.74 Å². The molecule has 0 aliphatic carbocycles. The average molecular weight is 246 g/mol. The van der Waals surface area contributed by atoms with Crippen LogP contribution in [0.3, 0.4) is 0 Å². The summed E-state index contributed by atoms with van der Waals surface area (Å²) in [6, 6.07) is 7.91. The first-order valence-corrected chi connectivity index (χ1v) is 5.95. The number of hydrogen-bond donors (Lipinski definition) is 1. The number of aryl methyl sites for hydroxylation is 1. The Morgan fingerprint density at radius 3 is 2.82 bits per heavy atom. The van der Waals surface area contributed by atoms with Crippen molar-refractivity contribution in [3.8, 4) is 17.0 Å². The minimum absolute atomic E-state index is 0.530. The van der Waals surface area contributed by atoms with Crippen LogP contribution >= 0.6 is 12.6 Å². The molecule has 1 heterocycles. The second-order valence-corrected chi connectivity index (χ2v) is 4.04. The average Bonchev–Trinajstić information content (AvgIpc) is 2.39. The van der Waals surface area contributed by atoms with Gasteiger partial charge in [-0.3, -0.25) is 0 Å². The Balaban J connectivity index is 2.54. The van der Waals surface area contributed by atoms with E-state index in [2.05, 4.69) is 28.7 Å². The molecule has 0 amide bonds. The maximum absolute atomic E-state index is 5.35. The first-order valence-electron chi connectivity index (χ1n) is 5.32. The van der Waals surface area contributed by atoms with E-state index in [0.717, 1.165) is 22.8 Å². The minimum Gasteiger partial charge on any atom is -0.496 e. The molecule has 88 valence electrons. The molecular weight excluding hydrogens is 232 g/mol. The number of rotatable bonds is 3. The molecule has 0 radical (unpaired) electrons. The van der Waals surface area contributed by atoms with Gasteiger partial charge in [-0.05, 0) is 25.1 Å². The molecule has 0 aliphatic rings. The predicted molar refractivity (Wildman–Crippen MR) is 71.4 cm³/mol. The first kappa shape index (κ1) is 11.9. The van der Waals surface area contributed by atoms with Gasteiger partial charge in [0.1, 0.15) is 11.6 Å². The van der Waals surface area contributed by atoms with Crippen molar-refractivity contribution >= 4 is 12.6 Å². The molecule has 1 aromatic heterocycles. The molecule has 0 aliphatic heterocycles. The van der Waals surface area contributed by atoms with Gasteiger partial charge in [-0.1, -0.05) is 11.6 Å². The van der Waals surface area contributed by atoms with Crippen LogP contribution in [0.15, 0.2) is 30.5 Å². The Labute approximate surface area is 106 Å². The number of benzene rings is 1. The van der Waals surface area contributed by atoms with E-state index in [-0.39, 0.29) is 0 Å². The van der Waals surface area contributed by atoms with Gasteiger partial charge in [-0.25, -0.2) is 9.97 Å². The van der Waals surface area contributed by atoms with Crippen LogP contribution in [-0.4, -0.2) is 17.1 Å². The summed E-state index contributed by atoms with van der Waals surface area (Å²) in [5.41, 5.74) is 3.02. The largest absolute Gasteiger partial charge is 0.496 e. The zero-order chi connectivity index (χ0) is 12.3. The summed E-state index contributed by atoms with van der Waals surface area (Å²) in [6.07, 6.45) is 1.75. The molecule has 0 N–H and O–H groups in total. The third-order valence-corrected chi connectivity index (χ3v) is 2.76. The van der Waals surface area contributed by atoms with Crippen molar-refractivity contribution in [1.82, 2.24) is 9.97 Å². The van der Waals surface area contributed by atoms with Crippen molar-refractivity contribution in [2.75, 3.05) is 7.11 Å². The van der Waals surface area contributed by atoms with Crippen LogP contribution in [0.1, 0.15) is 11.4 Å². The van der Waals surface area contributed by atoms with Gasteiger partial charge in [0, 0.05) is 11.8 Å². The molecule has 0 atom stereocenters. The van der Waals surface area contributed by atoms with Crippen molar-refractivity contribution in [1.29, 1.82) is 0 Å². The Bertz CT molecular complexity index is 529. The van der Waals surface area contributed by atoms with E-state index in [1.807, 2.05) is 25.1 Å². The smallest absolute Gasteiger partial charge is 0.138 e. The highest BCUT2D eigenvalue weighted by atomic mass is 32.1. The summed E-state index contributed by atoms with van der Waals surface area (Å²) in [5, 5.41) is 0. The van der Waals surface area contributed by atoms with Crippen molar-refractivity contribution in [2.24, 2.45) is 0 Å². The van der Waals surface area contributed by atoms with Gasteiger partial charge in [0.2, 0.25) is 0 Å². The number of hydrogen-bond acceptors (Lipinski definition) is 4. The van der Waals surface area contributed by atoms with Crippen LogP contribution in [-0.2, 0) is 5.75 Å². The van der Waals surface area contributed by atoms with Gasteiger partial charge in [0.15, 0.2) is 0 Å². The van der Waals surface area contributed by atoms with E-state index < -0.39 is 0 Å². The summed E-state index contributed by atoms with van der Waals surface area (Å²) in [7, 11) is 1.66. The Morgan fingerprint density at radius 2 is 2.12 bits per heavy atom. The Morgan fingerprint density at radius 1 is 1.29 bits per heavy atom. The molecule has 1 aromatic carbocycles. The number of ether oxygens (including phenoxy) is 1. The first-order chi connectivity index (χ1) is 8.24. The van der Waals surface area contributed by atoms with Crippen molar-refractivity contribution < 1.29 is 4.74 Å². The summed E-state index contributed by atoms with van der Waals surface area (Å²) in [4.78, 5) is 8.58. The van der Waals surface area contributed by atoms with Crippen molar-refractivity contribution in [2.45, 2.75) is 12.7 Å². The van der Waals surface area contributed by atoms with Gasteiger partial charge < -0.3 is 4.74 Å². The Hall–Kier alpha value is -1.55. The predicted octanol–water partition coefficient (Wildman–Crippen LogP) is 2.89. The number of nitrogens with zero attached hydrogens (tertiary/aromatic N) is 2. The standard InChI is InChI=1S/C13H14N2OS/c1-9-3-4-12(16-2)10(7-9)11-5-6-14-13(8-17)15-11/h3-7,17H,8H2,1-2H3. The maximum Gasteiger partial charge on any atom is 0.138 e. The van der Waals surface area contributed by atoms with E-state index >= 15 is 0 Å². The highest BCUT2D eigenvalue weighted by molar-refractivity contribution is 7.79. The molecule has 0 bridgehead atoms. The number of aromatic nitrogens is 2. The zero-order valence-corrected chi connectivity index (χ0v) is 10.7. The molecule has 0 fully saturated rings. The molecule has 17 heavy (non-hydrogen) atoms. The lowest BCUT2D eigenvalue weighted by molar-refractivity contribution is 0.416. The van der Waals surface area contributed by atoms with Crippen molar-refractivity contribution in [3.63, 3.8) is 0 Å². The molecule has 4 heteroatoms. The van der Waals surface area contributed by atoms with Gasteiger partial charge in [-0.15, -0.1) is 0 Å². The van der Waals surface area contributed by atoms with Crippen LogP contribution in [0.4, 0.5) is 0 Å². The van der Waals surface area contributed by atoms with Crippen LogP contribution in [0.2, 0.25) is 0 Å². The van der Waals surface area contributed by atoms with E-state index in [9.17, 15) is 0 Å². The lowest BCUT2D eigenvalue weighted by Crippen LogP contribution is -1.95. The van der Waals surface area contributed by atoms with Gasteiger partial charge in [0.05, 0.1) is 18.6 Å². The summed E-state index contributed by atoms with van der Waals surface area (Å²) >= 11 is 4.18. The van der Waals surface area contributed by atoms with E-state index in [0.29, 0.717) is 5.75 Å². The van der Waals surface area contributed by atoms with E-state index in [1.165, 1.54) is 5.56 Å². The van der Waals surface area contributed by atoms with Crippen LogP contribution in [0.5, 0.6) is 5.75 Å². The van der Waals surface area contributed by atoms with E-state index in [1.54, 1.807) is 13.3 Å². The molecule has 0 unspecified atom stereocenters. The monoisotopic (exact) mass is 246 g/mol. The fraction of sp³-hybridized carbons (Fsp3) is 0.231. The highest BCUT2D eigenvalue weighted by Gasteiger charge is 2.08. The fourth-order valence-corrected chi connectivity index (χ4v) is 1.80. The SMILES string of the molecule is COc1ccc(C)cc1-c1ccnc(CS)n1. The highest BCUT2D eigenvalue weighted by Crippen LogP contribution is 2.29. The van der Waals surface area contributed by atoms with Gasteiger partial charge >= 0.3 is 0 Å². The van der Waals surface area contributed by atoms with Crippen LogP contribution < -0.4 is 4.74 Å². The molecular formula is C13H14N2OS. The van der Waals surface area contributed by atoms with Gasteiger partial charge in [-0.2, -0.15) is 12.6 Å². The topological polar surface area (TPSA) is 35.0 Å². The Kier molecular flexibility index (Phi) is 3.64. The third-order valence-electron chi connectivity index (χ3n) is 2.48. The van der Waals surface area contributed by atoms with Crippen LogP contribution in [0.25, 0.3) is 11.3 Å². The summed E-state index contributed by atoms with van der Waals surface area (Å²) < 4.78 is 5.35. The zero-order valence-electron chi connectivity index (χ0n) is 9.84. The lowest BCUT2D eigenvalue weighted by Gasteiger charge is -2.09. The quantitative estimate of drug-likeness (QED) is 0.846. The number of thiol groups is 1. The summed E-state index contributed by atoms with van der Waals surface area (Å²) in [6.45, 7) is 2.05.